The van der Waals surface area contributed by atoms with E-state index in [1.807, 2.05) is 6.92 Å². The molecule has 0 aliphatic carbocycles. The van der Waals surface area contributed by atoms with Gasteiger partial charge in [-0.3, -0.25) is 0 Å². The van der Waals surface area contributed by atoms with Crippen molar-refractivity contribution in [2.45, 2.75) is 50.4 Å². The van der Waals surface area contributed by atoms with Crippen LogP contribution in [-0.4, -0.2) is 18.4 Å². The van der Waals surface area contributed by atoms with E-state index in [-0.39, 0.29) is 6.42 Å². The van der Waals surface area contributed by atoms with Gasteiger partial charge >= 0.3 is 18.4 Å². The summed E-state index contributed by atoms with van der Waals surface area (Å²) >= 11 is 10.5. The van der Waals surface area contributed by atoms with Crippen LogP contribution in [0.2, 0.25) is 6.04 Å². The van der Waals surface area contributed by atoms with Gasteiger partial charge < -0.3 is 0 Å². The first kappa shape index (κ1) is 16.4. The molecule has 0 aromatic carbocycles. The highest BCUT2D eigenvalue weighted by Crippen LogP contribution is 2.48. The molecule has 0 radical (unpaired) electrons. The van der Waals surface area contributed by atoms with Gasteiger partial charge in [0.05, 0.1) is 0 Å². The number of hydrogen-bond acceptors (Lipinski definition) is 0. The normalized spacial score (nSPS) is 14.2. The summed E-state index contributed by atoms with van der Waals surface area (Å²) in [4.78, 5) is 0. The maximum absolute atomic E-state index is 12.9. The third kappa shape index (κ3) is 4.03. The van der Waals surface area contributed by atoms with Crippen molar-refractivity contribution in [1.82, 2.24) is 0 Å². The summed E-state index contributed by atoms with van der Waals surface area (Å²) in [6, 6.07) is -0.442. The zero-order valence-electron chi connectivity index (χ0n) is 8.68. The molecular formula is C8H13Cl2F5Si. The highest BCUT2D eigenvalue weighted by molar-refractivity contribution is 7.46. The maximum Gasteiger partial charge on any atom is 0.451 e. The van der Waals surface area contributed by atoms with E-state index in [2.05, 4.69) is 0 Å². The molecule has 0 rings (SSSR count). The maximum atomic E-state index is 12.9. The van der Waals surface area contributed by atoms with Crippen LogP contribution in [0.25, 0.3) is 0 Å². The SMILES string of the molecule is CCCCCC[Si](Cl)(Cl)C(F)(F)C(F)(F)F. The average Bonchev–Trinajstić information content (AvgIpc) is 2.10. The summed E-state index contributed by atoms with van der Waals surface area (Å²) in [5, 5.41) is 0. The summed E-state index contributed by atoms with van der Waals surface area (Å²) in [5.74, 6) is 0. The predicted molar refractivity (Wildman–Crippen MR) is 57.4 cm³/mol. The van der Waals surface area contributed by atoms with Crippen molar-refractivity contribution in [2.24, 2.45) is 0 Å². The Hall–Kier alpha value is 0.447. The van der Waals surface area contributed by atoms with E-state index in [0.29, 0.717) is 6.42 Å². The van der Waals surface area contributed by atoms with Crippen LogP contribution in [0.1, 0.15) is 32.6 Å². The molecule has 16 heavy (non-hydrogen) atoms. The summed E-state index contributed by atoms with van der Waals surface area (Å²) in [7, 11) is 0. The number of hydrogen-bond donors (Lipinski definition) is 0. The lowest BCUT2D eigenvalue weighted by Gasteiger charge is -2.28. The zero-order chi connectivity index (χ0) is 13.0. The lowest BCUT2D eigenvalue weighted by atomic mass is 10.2. The Morgan fingerprint density at radius 3 is 1.81 bits per heavy atom. The topological polar surface area (TPSA) is 0 Å². The first-order chi connectivity index (χ1) is 7.06. The van der Waals surface area contributed by atoms with Gasteiger partial charge in [0, 0.05) is 0 Å². The van der Waals surface area contributed by atoms with Crippen LogP contribution in [0, 0.1) is 0 Å². The quantitative estimate of drug-likeness (QED) is 0.273. The van der Waals surface area contributed by atoms with E-state index in [1.54, 1.807) is 0 Å². The minimum Gasteiger partial charge on any atom is -0.198 e. The molecule has 0 aliphatic rings. The van der Waals surface area contributed by atoms with E-state index in [9.17, 15) is 22.0 Å². The monoisotopic (exact) mass is 302 g/mol. The van der Waals surface area contributed by atoms with Gasteiger partial charge in [0.15, 0.2) is 0 Å². The Bertz CT molecular complexity index is 217. The second-order valence-corrected chi connectivity index (χ2v) is 10.6. The zero-order valence-corrected chi connectivity index (χ0v) is 11.2. The molecule has 0 saturated heterocycles. The molecule has 8 heteroatoms. The van der Waals surface area contributed by atoms with Crippen molar-refractivity contribution in [2.75, 3.05) is 0 Å². The van der Waals surface area contributed by atoms with Crippen molar-refractivity contribution < 1.29 is 22.0 Å². The lowest BCUT2D eigenvalue weighted by molar-refractivity contribution is -0.245. The Balaban J connectivity index is 4.41. The van der Waals surface area contributed by atoms with E-state index >= 15 is 0 Å². The molecular weight excluding hydrogens is 290 g/mol. The summed E-state index contributed by atoms with van der Waals surface area (Å²) in [5.41, 5.74) is -4.95. The molecule has 0 heterocycles. The van der Waals surface area contributed by atoms with Crippen molar-refractivity contribution in [3.05, 3.63) is 0 Å². The highest BCUT2D eigenvalue weighted by atomic mass is 35.7. The Morgan fingerprint density at radius 1 is 0.938 bits per heavy atom. The van der Waals surface area contributed by atoms with Crippen LogP contribution in [0.15, 0.2) is 0 Å². The largest absolute Gasteiger partial charge is 0.451 e. The fourth-order valence-electron chi connectivity index (χ4n) is 1.14. The molecule has 0 aromatic heterocycles. The summed E-state index contributed by atoms with van der Waals surface area (Å²) in [6.07, 6.45) is -3.25. The molecule has 0 bridgehead atoms. The van der Waals surface area contributed by atoms with Gasteiger partial charge in [0.2, 0.25) is 0 Å². The molecule has 0 unspecified atom stereocenters. The van der Waals surface area contributed by atoms with E-state index in [1.165, 1.54) is 0 Å². The highest BCUT2D eigenvalue weighted by Gasteiger charge is 2.70. The van der Waals surface area contributed by atoms with Crippen LogP contribution in [-0.2, 0) is 0 Å². The molecule has 0 spiro atoms. The van der Waals surface area contributed by atoms with Gasteiger partial charge in [-0.15, -0.1) is 22.2 Å². The van der Waals surface area contributed by atoms with Gasteiger partial charge in [-0.25, -0.2) is 0 Å². The van der Waals surface area contributed by atoms with Crippen molar-refractivity contribution in [1.29, 1.82) is 0 Å². The number of rotatable bonds is 6. The van der Waals surface area contributed by atoms with Crippen LogP contribution < -0.4 is 0 Å². The molecule has 0 atom stereocenters. The fraction of sp³-hybridized carbons (Fsp3) is 1.00. The summed E-state index contributed by atoms with van der Waals surface area (Å²) in [6.45, 7) is -2.73. The van der Waals surface area contributed by atoms with Crippen molar-refractivity contribution in [3.63, 3.8) is 0 Å². The van der Waals surface area contributed by atoms with Crippen LogP contribution in [0.5, 0.6) is 0 Å². The van der Waals surface area contributed by atoms with E-state index in [0.717, 1.165) is 12.8 Å². The third-order valence-corrected chi connectivity index (χ3v) is 6.90. The Kier molecular flexibility index (Phi) is 6.03. The van der Waals surface area contributed by atoms with E-state index < -0.39 is 24.5 Å². The first-order valence-corrected chi connectivity index (χ1v) is 9.11. The number of halogens is 7. The smallest absolute Gasteiger partial charge is 0.198 e. The van der Waals surface area contributed by atoms with Gasteiger partial charge in [0.25, 0.3) is 0 Å². The number of unbranched alkanes of at least 4 members (excludes halogenated alkanes) is 3. The molecule has 0 saturated carbocycles. The molecule has 0 nitrogen and oxygen atoms in total. The molecule has 0 amide bonds. The van der Waals surface area contributed by atoms with Crippen molar-refractivity contribution in [3.8, 4) is 0 Å². The van der Waals surface area contributed by atoms with Gasteiger partial charge in [-0.2, -0.15) is 22.0 Å². The predicted octanol–water partition coefficient (Wildman–Crippen LogP) is 5.22. The lowest BCUT2D eigenvalue weighted by Crippen LogP contribution is -2.54. The third-order valence-electron chi connectivity index (χ3n) is 2.16. The molecule has 0 aromatic rings. The Labute approximate surface area is 102 Å². The van der Waals surface area contributed by atoms with Crippen LogP contribution >= 0.6 is 22.2 Å². The van der Waals surface area contributed by atoms with Gasteiger partial charge in [-0.1, -0.05) is 32.6 Å². The fourth-order valence-corrected chi connectivity index (χ4v) is 4.01. The van der Waals surface area contributed by atoms with Crippen LogP contribution in [0.3, 0.4) is 0 Å². The molecule has 0 aliphatic heterocycles. The second kappa shape index (κ2) is 5.86. The van der Waals surface area contributed by atoms with Gasteiger partial charge in [0.1, 0.15) is 0 Å². The van der Waals surface area contributed by atoms with Crippen molar-refractivity contribution >= 4 is 28.9 Å². The molecule has 0 fully saturated rings. The van der Waals surface area contributed by atoms with E-state index in [4.69, 9.17) is 22.2 Å². The minimum atomic E-state index is -5.66. The average molecular weight is 303 g/mol. The first-order valence-electron chi connectivity index (χ1n) is 4.88. The Morgan fingerprint density at radius 2 is 1.44 bits per heavy atom. The molecule has 0 N–H and O–H groups in total. The summed E-state index contributed by atoms with van der Waals surface area (Å²) < 4.78 is 61.8. The second-order valence-electron chi connectivity index (χ2n) is 3.59. The van der Waals surface area contributed by atoms with Gasteiger partial charge in [-0.05, 0) is 6.04 Å². The minimum absolute atomic E-state index is 0.207. The standard InChI is InChI=1S/C8H13Cl2F5Si/c1-2-3-4-5-6-16(9,10)8(14,15)7(11,12)13/h2-6H2,1H3. The van der Waals surface area contributed by atoms with Crippen LogP contribution in [0.4, 0.5) is 22.0 Å². The number of alkyl halides is 5. The molecule has 98 valence electrons.